The number of nitrogens with zero attached hydrogens (tertiary/aromatic N) is 1. The molecule has 2 saturated heterocycles. The molecule has 1 atom stereocenters. The maximum Gasteiger partial charge on any atom is 0.235 e. The Morgan fingerprint density at radius 3 is 2.71 bits per heavy atom. The summed E-state index contributed by atoms with van der Waals surface area (Å²) in [5, 5.41) is 3.64. The predicted octanol–water partition coefficient (Wildman–Crippen LogP) is 1.87. The summed E-state index contributed by atoms with van der Waals surface area (Å²) in [6, 6.07) is 0.491. The lowest BCUT2D eigenvalue weighted by atomic mass is 10.0. The Hall–Kier alpha value is -0.220. The number of thioether (sulfide) groups is 1. The van der Waals surface area contributed by atoms with Crippen molar-refractivity contribution in [1.82, 2.24) is 10.2 Å². The molecule has 0 bridgehead atoms. The fraction of sp³-hybridized carbons (Fsp3) is 0.923. The van der Waals surface area contributed by atoms with Crippen molar-refractivity contribution in [3.05, 3.63) is 0 Å². The molecule has 2 aliphatic heterocycles. The smallest absolute Gasteiger partial charge is 0.235 e. The van der Waals surface area contributed by atoms with E-state index in [2.05, 4.69) is 17.1 Å². The second kappa shape index (κ2) is 6.64. The molecule has 1 amide bonds. The molecule has 4 heteroatoms. The lowest BCUT2D eigenvalue weighted by molar-refractivity contribution is -0.133. The van der Waals surface area contributed by atoms with E-state index in [1.165, 1.54) is 12.2 Å². The van der Waals surface area contributed by atoms with Crippen molar-refractivity contribution >= 4 is 17.7 Å². The Bertz CT molecular complexity index is 248. The van der Waals surface area contributed by atoms with Gasteiger partial charge >= 0.3 is 0 Å². The third-order valence-corrected chi connectivity index (χ3v) is 5.07. The fourth-order valence-electron chi connectivity index (χ4n) is 2.79. The number of rotatable bonds is 4. The minimum atomic E-state index is 0.261. The van der Waals surface area contributed by atoms with Gasteiger partial charge in [-0.1, -0.05) is 6.92 Å². The highest BCUT2D eigenvalue weighted by molar-refractivity contribution is 8.00. The normalized spacial score (nSPS) is 26.1. The van der Waals surface area contributed by atoms with Crippen LogP contribution in [0.4, 0.5) is 0 Å². The van der Waals surface area contributed by atoms with Crippen LogP contribution in [0.25, 0.3) is 0 Å². The minimum absolute atomic E-state index is 0.261. The largest absolute Gasteiger partial charge is 0.339 e. The van der Waals surface area contributed by atoms with Gasteiger partial charge < -0.3 is 10.2 Å². The fourth-order valence-corrected chi connectivity index (χ4v) is 4.02. The van der Waals surface area contributed by atoms with Crippen LogP contribution in [0.2, 0.25) is 0 Å². The van der Waals surface area contributed by atoms with Crippen LogP contribution in [0.1, 0.15) is 39.0 Å². The topological polar surface area (TPSA) is 32.3 Å². The summed E-state index contributed by atoms with van der Waals surface area (Å²) in [6.45, 7) is 5.25. The molecule has 1 N–H and O–H groups in total. The van der Waals surface area contributed by atoms with Gasteiger partial charge in [0, 0.05) is 12.6 Å². The predicted molar refractivity (Wildman–Crippen MR) is 73.4 cm³/mol. The SMILES string of the molecule is CCCN(C(=O)C1CCCS1)C1CCNCC1. The molecule has 1 unspecified atom stereocenters. The van der Waals surface area contributed by atoms with E-state index < -0.39 is 0 Å². The standard InChI is InChI=1S/C13H24N2OS/c1-2-9-15(11-5-7-14-8-6-11)13(16)12-4-3-10-17-12/h11-12,14H,2-10H2,1H3. The van der Waals surface area contributed by atoms with Gasteiger partial charge in [-0.3, -0.25) is 4.79 Å². The van der Waals surface area contributed by atoms with Crippen LogP contribution >= 0.6 is 11.8 Å². The van der Waals surface area contributed by atoms with E-state index >= 15 is 0 Å². The van der Waals surface area contributed by atoms with Gasteiger partial charge in [-0.2, -0.15) is 0 Å². The van der Waals surface area contributed by atoms with Gasteiger partial charge in [-0.05, 0) is 50.9 Å². The van der Waals surface area contributed by atoms with Crippen LogP contribution in [-0.2, 0) is 4.79 Å². The van der Waals surface area contributed by atoms with Crippen molar-refractivity contribution in [2.75, 3.05) is 25.4 Å². The Balaban J connectivity index is 1.96. The van der Waals surface area contributed by atoms with Crippen molar-refractivity contribution in [2.24, 2.45) is 0 Å². The van der Waals surface area contributed by atoms with Gasteiger partial charge in [-0.25, -0.2) is 0 Å². The monoisotopic (exact) mass is 256 g/mol. The number of carbonyl (C=O) groups excluding carboxylic acids is 1. The lowest BCUT2D eigenvalue weighted by Gasteiger charge is -2.36. The molecule has 0 spiro atoms. The van der Waals surface area contributed by atoms with Crippen molar-refractivity contribution in [1.29, 1.82) is 0 Å². The van der Waals surface area contributed by atoms with Crippen molar-refractivity contribution in [2.45, 2.75) is 50.3 Å². The van der Waals surface area contributed by atoms with Crippen LogP contribution in [0.5, 0.6) is 0 Å². The lowest BCUT2D eigenvalue weighted by Crippen LogP contribution is -2.48. The van der Waals surface area contributed by atoms with Crippen molar-refractivity contribution < 1.29 is 4.79 Å². The summed E-state index contributed by atoms with van der Waals surface area (Å²) >= 11 is 1.86. The Morgan fingerprint density at radius 2 is 2.12 bits per heavy atom. The molecule has 17 heavy (non-hydrogen) atoms. The molecular weight excluding hydrogens is 232 g/mol. The minimum Gasteiger partial charge on any atom is -0.339 e. The van der Waals surface area contributed by atoms with Gasteiger partial charge in [0.2, 0.25) is 5.91 Å². The van der Waals surface area contributed by atoms with E-state index in [4.69, 9.17) is 0 Å². The Labute approximate surface area is 109 Å². The van der Waals surface area contributed by atoms with Crippen LogP contribution in [0.15, 0.2) is 0 Å². The molecule has 3 nitrogen and oxygen atoms in total. The second-order valence-electron chi connectivity index (χ2n) is 5.01. The maximum absolute atomic E-state index is 12.5. The Kier molecular flexibility index (Phi) is 5.16. The third-order valence-electron chi connectivity index (χ3n) is 3.70. The number of hydrogen-bond acceptors (Lipinski definition) is 3. The average Bonchev–Trinajstić information content (AvgIpc) is 2.90. The average molecular weight is 256 g/mol. The maximum atomic E-state index is 12.5. The summed E-state index contributed by atoms with van der Waals surface area (Å²) in [6.07, 6.45) is 5.64. The Morgan fingerprint density at radius 1 is 1.35 bits per heavy atom. The number of hydrogen-bond donors (Lipinski definition) is 1. The van der Waals surface area contributed by atoms with Crippen molar-refractivity contribution in [3.8, 4) is 0 Å². The first-order valence-corrected chi connectivity index (χ1v) is 8.00. The first-order chi connectivity index (χ1) is 8.33. The number of carbonyl (C=O) groups is 1. The van der Waals surface area contributed by atoms with Crippen molar-refractivity contribution in [3.63, 3.8) is 0 Å². The van der Waals surface area contributed by atoms with E-state index in [9.17, 15) is 4.79 Å². The number of piperidine rings is 1. The van der Waals surface area contributed by atoms with Crippen LogP contribution < -0.4 is 5.32 Å². The molecule has 2 fully saturated rings. The van der Waals surface area contributed by atoms with Gasteiger partial charge in [0.05, 0.1) is 5.25 Å². The molecule has 0 saturated carbocycles. The van der Waals surface area contributed by atoms with Gasteiger partial charge in [0.1, 0.15) is 0 Å². The highest BCUT2D eigenvalue weighted by atomic mass is 32.2. The quantitative estimate of drug-likeness (QED) is 0.833. The first-order valence-electron chi connectivity index (χ1n) is 6.95. The van der Waals surface area contributed by atoms with E-state index in [1.54, 1.807) is 0 Å². The molecular formula is C13H24N2OS. The van der Waals surface area contributed by atoms with E-state index in [0.717, 1.165) is 45.3 Å². The molecule has 2 heterocycles. The zero-order valence-electron chi connectivity index (χ0n) is 10.8. The summed E-state index contributed by atoms with van der Waals surface area (Å²) in [5.41, 5.74) is 0. The highest BCUT2D eigenvalue weighted by Gasteiger charge is 2.31. The molecule has 0 aromatic rings. The molecule has 2 aliphatic rings. The zero-order chi connectivity index (χ0) is 12.1. The van der Waals surface area contributed by atoms with Gasteiger partial charge in [-0.15, -0.1) is 11.8 Å². The summed E-state index contributed by atoms with van der Waals surface area (Å²) < 4.78 is 0. The zero-order valence-corrected chi connectivity index (χ0v) is 11.6. The first kappa shape index (κ1) is 13.2. The summed E-state index contributed by atoms with van der Waals surface area (Å²) in [7, 11) is 0. The number of nitrogens with one attached hydrogen (secondary N) is 1. The molecule has 2 rings (SSSR count). The van der Waals surface area contributed by atoms with Crippen LogP contribution in [0.3, 0.4) is 0 Å². The second-order valence-corrected chi connectivity index (χ2v) is 6.33. The molecule has 0 aromatic heterocycles. The van der Waals surface area contributed by atoms with Gasteiger partial charge in [0.15, 0.2) is 0 Å². The van der Waals surface area contributed by atoms with E-state index in [-0.39, 0.29) is 5.25 Å². The molecule has 98 valence electrons. The third kappa shape index (κ3) is 3.38. The molecule has 0 radical (unpaired) electrons. The van der Waals surface area contributed by atoms with Gasteiger partial charge in [0.25, 0.3) is 0 Å². The molecule has 0 aliphatic carbocycles. The summed E-state index contributed by atoms with van der Waals surface area (Å²) in [5.74, 6) is 1.59. The van der Waals surface area contributed by atoms with Crippen LogP contribution in [-0.4, -0.2) is 47.5 Å². The summed E-state index contributed by atoms with van der Waals surface area (Å²) in [4.78, 5) is 14.7. The highest BCUT2D eigenvalue weighted by Crippen LogP contribution is 2.29. The van der Waals surface area contributed by atoms with E-state index in [1.807, 2.05) is 11.8 Å². The van der Waals surface area contributed by atoms with Crippen LogP contribution in [0, 0.1) is 0 Å². The van der Waals surface area contributed by atoms with E-state index in [0.29, 0.717) is 11.9 Å². The molecule has 0 aromatic carbocycles. The number of amides is 1.